The number of azide groups is 1. The minimum absolute atomic E-state index is 0. The molecule has 0 spiro atoms. The van der Waals surface area contributed by atoms with E-state index in [1.54, 1.807) is 12.1 Å². The smallest absolute Gasteiger partial charge is 0.225 e. The molecule has 0 fully saturated rings. The van der Waals surface area contributed by atoms with Gasteiger partial charge < -0.3 is 5.48 Å². The molecule has 72 valence electrons. The highest BCUT2D eigenvalue weighted by atomic mass is 16.2. The van der Waals surface area contributed by atoms with Crippen LogP contribution in [0.3, 0.4) is 0 Å². The van der Waals surface area contributed by atoms with Gasteiger partial charge in [0, 0.05) is 16.2 Å². The van der Waals surface area contributed by atoms with Crippen LogP contribution in [0.5, 0.6) is 0 Å². The van der Waals surface area contributed by atoms with E-state index in [2.05, 4.69) is 10.0 Å². The van der Waals surface area contributed by atoms with Gasteiger partial charge in [-0.25, -0.2) is 0 Å². The second kappa shape index (κ2) is 5.47. The molecule has 0 aliphatic heterocycles. The van der Waals surface area contributed by atoms with Crippen molar-refractivity contribution < 1.29 is 15.1 Å². The molecule has 0 aliphatic rings. The van der Waals surface area contributed by atoms with Gasteiger partial charge >= 0.3 is 0 Å². The number of ketones is 1. The molecule has 6 heteroatoms. The van der Waals surface area contributed by atoms with E-state index < -0.39 is 5.78 Å². The highest BCUT2D eigenvalue weighted by molar-refractivity contribution is 6.34. The lowest BCUT2D eigenvalue weighted by Gasteiger charge is -1.97. The fraction of sp³-hybridized carbons (Fsp3) is 0. The Kier molecular flexibility index (Phi) is 4.62. The molecule has 1 rings (SSSR count). The summed E-state index contributed by atoms with van der Waals surface area (Å²) in [7, 11) is 0. The van der Waals surface area contributed by atoms with Crippen LogP contribution in [0.25, 0.3) is 10.4 Å². The monoisotopic (exact) mass is 193 g/mol. The molecule has 0 bridgehead atoms. The molecule has 0 unspecified atom stereocenters. The lowest BCUT2D eigenvalue weighted by Crippen LogP contribution is -1.99. The first kappa shape index (κ1) is 11.8. The minimum atomic E-state index is -0.692. The van der Waals surface area contributed by atoms with Crippen LogP contribution >= 0.6 is 0 Å². The number of rotatable bonds is 3. The quantitative estimate of drug-likeness (QED) is 0.179. The summed E-state index contributed by atoms with van der Waals surface area (Å²) in [5.41, 5.74) is 8.45. The van der Waals surface area contributed by atoms with E-state index in [0.29, 0.717) is 0 Å². The zero-order valence-corrected chi connectivity index (χ0v) is 7.04. The first-order valence-electron chi connectivity index (χ1n) is 3.43. The Hall–Kier alpha value is -2.17. The Labute approximate surface area is 79.1 Å². The van der Waals surface area contributed by atoms with Crippen LogP contribution in [-0.4, -0.2) is 17.5 Å². The highest BCUT2D eigenvalue weighted by Gasteiger charge is 2.07. The van der Waals surface area contributed by atoms with Crippen LogP contribution in [0, 0.1) is 0 Å². The Morgan fingerprint density at radius 1 is 1.43 bits per heavy atom. The Morgan fingerprint density at radius 3 is 2.64 bits per heavy atom. The van der Waals surface area contributed by atoms with E-state index in [-0.39, 0.29) is 23.0 Å². The Bertz CT molecular complexity index is 397. The van der Waals surface area contributed by atoms with Crippen molar-refractivity contribution >= 4 is 17.8 Å². The summed E-state index contributed by atoms with van der Waals surface area (Å²) in [5.74, 6) is -0.692. The molecule has 0 radical (unpaired) electrons. The van der Waals surface area contributed by atoms with Crippen molar-refractivity contribution in [3.63, 3.8) is 0 Å². The summed E-state index contributed by atoms with van der Waals surface area (Å²) < 4.78 is 0. The second-order valence-electron chi connectivity index (χ2n) is 2.19. The van der Waals surface area contributed by atoms with E-state index >= 15 is 0 Å². The van der Waals surface area contributed by atoms with E-state index in [4.69, 9.17) is 5.53 Å². The third kappa shape index (κ3) is 2.41. The van der Waals surface area contributed by atoms with Gasteiger partial charge in [0.2, 0.25) is 5.78 Å². The Morgan fingerprint density at radius 2 is 2.07 bits per heavy atom. The van der Waals surface area contributed by atoms with Crippen molar-refractivity contribution in [2.24, 2.45) is 5.11 Å². The number of benzene rings is 1. The van der Waals surface area contributed by atoms with Gasteiger partial charge in [-0.05, 0) is 5.53 Å². The van der Waals surface area contributed by atoms with Crippen molar-refractivity contribution in [3.8, 4) is 0 Å². The number of Topliss-reactive ketones (excluding diaryl/α,β-unsaturated/α-hetero) is 1. The molecule has 0 aromatic heterocycles. The van der Waals surface area contributed by atoms with Crippen LogP contribution in [0.1, 0.15) is 10.4 Å². The zero-order chi connectivity index (χ0) is 9.68. The molecule has 14 heavy (non-hydrogen) atoms. The number of carbonyl (C=O) groups is 2. The van der Waals surface area contributed by atoms with Gasteiger partial charge in [-0.3, -0.25) is 9.59 Å². The maximum atomic E-state index is 11.0. The van der Waals surface area contributed by atoms with Crippen molar-refractivity contribution in [1.29, 1.82) is 0 Å². The molecule has 1 aromatic rings. The fourth-order valence-corrected chi connectivity index (χ4v) is 0.881. The van der Waals surface area contributed by atoms with Gasteiger partial charge in [-0.15, -0.1) is 0 Å². The van der Waals surface area contributed by atoms with Gasteiger partial charge in [0.15, 0.2) is 6.29 Å². The average Bonchev–Trinajstić information content (AvgIpc) is 2.18. The van der Waals surface area contributed by atoms with Crippen LogP contribution < -0.4 is 0 Å². The SMILES string of the molecule is O.[N-]=[N+]=Nc1ccccc1C(=O)C=O. The molecule has 0 atom stereocenters. The minimum Gasteiger partial charge on any atom is -0.412 e. The van der Waals surface area contributed by atoms with Crippen LogP contribution in [0.15, 0.2) is 29.4 Å². The lowest BCUT2D eigenvalue weighted by molar-refractivity contribution is -0.104. The maximum Gasteiger partial charge on any atom is 0.225 e. The second-order valence-corrected chi connectivity index (χ2v) is 2.19. The molecule has 1 aromatic carbocycles. The molecule has 2 N–H and O–H groups in total. The summed E-state index contributed by atoms with van der Waals surface area (Å²) in [4.78, 5) is 23.7. The number of hydrogen-bond acceptors (Lipinski definition) is 3. The van der Waals surface area contributed by atoms with Crippen LogP contribution in [0.2, 0.25) is 0 Å². The van der Waals surface area contributed by atoms with Gasteiger partial charge in [0.25, 0.3) is 0 Å². The fourth-order valence-electron chi connectivity index (χ4n) is 0.881. The standard InChI is InChI=1S/C8H5N3O2.H2O/c9-11-10-7-4-2-1-3-6(7)8(13)5-12;/h1-5H;1H2. The van der Waals surface area contributed by atoms with Crippen molar-refractivity contribution in [2.75, 3.05) is 0 Å². The van der Waals surface area contributed by atoms with Crippen molar-refractivity contribution in [2.45, 2.75) is 0 Å². The predicted octanol–water partition coefficient (Wildman–Crippen LogP) is 1.19. The molecule has 0 heterocycles. The van der Waals surface area contributed by atoms with Crippen molar-refractivity contribution in [1.82, 2.24) is 0 Å². The molecule has 0 saturated heterocycles. The van der Waals surface area contributed by atoms with E-state index in [9.17, 15) is 9.59 Å². The molecular formula is C8H7N3O3. The number of hydrogen-bond donors (Lipinski definition) is 0. The number of nitrogens with zero attached hydrogens (tertiary/aromatic N) is 3. The summed E-state index contributed by atoms with van der Waals surface area (Å²) in [6.45, 7) is 0. The summed E-state index contributed by atoms with van der Waals surface area (Å²) in [6.07, 6.45) is 0.186. The van der Waals surface area contributed by atoms with E-state index in [0.717, 1.165) is 0 Å². The molecule has 0 saturated carbocycles. The normalized spacial score (nSPS) is 8.00. The summed E-state index contributed by atoms with van der Waals surface area (Å²) in [6, 6.07) is 6.11. The summed E-state index contributed by atoms with van der Waals surface area (Å²) in [5, 5.41) is 3.28. The van der Waals surface area contributed by atoms with Gasteiger partial charge in [-0.2, -0.15) is 0 Å². The Balaban J connectivity index is 0.00000169. The first-order chi connectivity index (χ1) is 6.29. The van der Waals surface area contributed by atoms with Gasteiger partial charge in [0.1, 0.15) is 0 Å². The van der Waals surface area contributed by atoms with Crippen LogP contribution in [0.4, 0.5) is 5.69 Å². The van der Waals surface area contributed by atoms with Gasteiger partial charge in [0.05, 0.1) is 0 Å². The van der Waals surface area contributed by atoms with Crippen LogP contribution in [-0.2, 0) is 4.79 Å². The van der Waals surface area contributed by atoms with E-state index in [1.165, 1.54) is 12.1 Å². The molecular weight excluding hydrogens is 186 g/mol. The first-order valence-corrected chi connectivity index (χ1v) is 3.43. The topological polar surface area (TPSA) is 114 Å². The average molecular weight is 193 g/mol. The van der Waals surface area contributed by atoms with E-state index in [1.807, 2.05) is 0 Å². The molecule has 0 amide bonds. The predicted molar refractivity (Wildman–Crippen MR) is 49.3 cm³/mol. The largest absolute Gasteiger partial charge is 0.412 e. The maximum absolute atomic E-state index is 11.0. The summed E-state index contributed by atoms with van der Waals surface area (Å²) >= 11 is 0. The van der Waals surface area contributed by atoms with Crippen molar-refractivity contribution in [3.05, 3.63) is 40.3 Å². The molecule has 0 aliphatic carbocycles. The highest BCUT2D eigenvalue weighted by Crippen LogP contribution is 2.18. The molecule has 6 nitrogen and oxygen atoms in total. The number of aldehydes is 1. The zero-order valence-electron chi connectivity index (χ0n) is 7.04. The lowest BCUT2D eigenvalue weighted by atomic mass is 10.1. The third-order valence-corrected chi connectivity index (χ3v) is 1.43. The third-order valence-electron chi connectivity index (χ3n) is 1.43. The van der Waals surface area contributed by atoms with Gasteiger partial charge in [-0.1, -0.05) is 29.4 Å². The number of carbonyl (C=O) groups excluding carboxylic acids is 2.